The summed E-state index contributed by atoms with van der Waals surface area (Å²) in [5.41, 5.74) is 0. The number of aliphatic hydroxyl groups excluding tert-OH is 1. The van der Waals surface area contributed by atoms with E-state index < -0.39 is 12.3 Å². The molecule has 2 unspecified atom stereocenters. The summed E-state index contributed by atoms with van der Waals surface area (Å²) < 4.78 is 36.7. The molecule has 2 N–H and O–H groups in total. The highest BCUT2D eigenvalue weighted by molar-refractivity contribution is 4.76. The molecule has 1 heterocycles. The Labute approximate surface area is 100.0 Å². The maximum Gasteiger partial charge on any atom is 0.415 e. The van der Waals surface area contributed by atoms with Gasteiger partial charge in [0.15, 0.2) is 6.10 Å². The van der Waals surface area contributed by atoms with Gasteiger partial charge in [0.05, 0.1) is 0 Å². The van der Waals surface area contributed by atoms with Crippen molar-refractivity contribution in [3.05, 3.63) is 0 Å². The fraction of sp³-hybridized carbons (Fsp3) is 1.00. The number of halogens is 3. The molecule has 0 aromatic heterocycles. The lowest BCUT2D eigenvalue weighted by molar-refractivity contribution is -0.208. The number of aliphatic hydroxyl groups is 1. The lowest BCUT2D eigenvalue weighted by atomic mass is 9.99. The predicted molar refractivity (Wildman–Crippen MR) is 59.8 cm³/mol. The third-order valence-electron chi connectivity index (χ3n) is 3.17. The lowest BCUT2D eigenvalue weighted by Gasteiger charge is -2.31. The van der Waals surface area contributed by atoms with Gasteiger partial charge in [0.2, 0.25) is 0 Å². The van der Waals surface area contributed by atoms with Gasteiger partial charge in [-0.05, 0) is 38.4 Å². The van der Waals surface area contributed by atoms with Crippen LogP contribution in [0.2, 0.25) is 0 Å². The van der Waals surface area contributed by atoms with Crippen molar-refractivity contribution in [1.82, 2.24) is 10.2 Å². The van der Waals surface area contributed by atoms with Crippen LogP contribution < -0.4 is 5.32 Å². The van der Waals surface area contributed by atoms with Crippen molar-refractivity contribution in [1.29, 1.82) is 0 Å². The van der Waals surface area contributed by atoms with Gasteiger partial charge < -0.3 is 15.3 Å². The van der Waals surface area contributed by atoms with Crippen LogP contribution in [-0.4, -0.2) is 55.0 Å². The number of nitrogens with one attached hydrogen (secondary N) is 1. The van der Waals surface area contributed by atoms with E-state index in [9.17, 15) is 13.2 Å². The first-order valence-corrected chi connectivity index (χ1v) is 6.11. The molecule has 0 spiro atoms. The van der Waals surface area contributed by atoms with Crippen molar-refractivity contribution >= 4 is 0 Å². The Morgan fingerprint density at radius 3 is 2.65 bits per heavy atom. The maximum absolute atomic E-state index is 12.2. The Bertz CT molecular complexity index is 217. The molecule has 0 aromatic carbocycles. The first kappa shape index (κ1) is 14.7. The van der Waals surface area contributed by atoms with E-state index in [1.54, 1.807) is 4.90 Å². The number of hydrogen-bond acceptors (Lipinski definition) is 3. The van der Waals surface area contributed by atoms with Crippen LogP contribution in [0.25, 0.3) is 0 Å². The Kier molecular flexibility index (Phi) is 5.69. The van der Waals surface area contributed by atoms with Crippen LogP contribution >= 0.6 is 0 Å². The quantitative estimate of drug-likeness (QED) is 0.774. The molecule has 2 atom stereocenters. The topological polar surface area (TPSA) is 35.5 Å². The van der Waals surface area contributed by atoms with E-state index in [4.69, 9.17) is 5.11 Å². The minimum atomic E-state index is -4.52. The minimum absolute atomic E-state index is 0.323. The molecule has 0 amide bonds. The molecular weight excluding hydrogens is 233 g/mol. The molecule has 3 nitrogen and oxygen atoms in total. The van der Waals surface area contributed by atoms with E-state index in [0.29, 0.717) is 19.0 Å². The summed E-state index contributed by atoms with van der Waals surface area (Å²) >= 11 is 0. The van der Waals surface area contributed by atoms with Gasteiger partial charge >= 0.3 is 6.18 Å². The Hall–Kier alpha value is -0.330. The molecular formula is C11H21F3N2O. The predicted octanol–water partition coefficient (Wildman–Crippen LogP) is 1.23. The number of hydrogen-bond donors (Lipinski definition) is 2. The van der Waals surface area contributed by atoms with Gasteiger partial charge in [0.1, 0.15) is 0 Å². The molecule has 1 aliphatic rings. The Morgan fingerprint density at radius 1 is 1.47 bits per heavy atom. The van der Waals surface area contributed by atoms with Crippen LogP contribution in [0.4, 0.5) is 13.2 Å². The highest BCUT2D eigenvalue weighted by Crippen LogP contribution is 2.21. The average Bonchev–Trinajstić information content (AvgIpc) is 2.28. The molecule has 1 rings (SSSR count). The van der Waals surface area contributed by atoms with Gasteiger partial charge in [-0.1, -0.05) is 6.92 Å². The van der Waals surface area contributed by atoms with Crippen molar-refractivity contribution in [2.24, 2.45) is 5.92 Å². The number of piperidine rings is 1. The van der Waals surface area contributed by atoms with Crippen LogP contribution in [-0.2, 0) is 0 Å². The summed E-state index contributed by atoms with van der Waals surface area (Å²) in [4.78, 5) is 1.68. The largest absolute Gasteiger partial charge is 0.415 e. The Morgan fingerprint density at radius 2 is 2.18 bits per heavy atom. The molecule has 0 saturated carbocycles. The highest BCUT2D eigenvalue weighted by atomic mass is 19.4. The van der Waals surface area contributed by atoms with Crippen LogP contribution in [0.5, 0.6) is 0 Å². The summed E-state index contributed by atoms with van der Waals surface area (Å²) in [6.45, 7) is 4.50. The van der Waals surface area contributed by atoms with Gasteiger partial charge in [-0.15, -0.1) is 0 Å². The Balaban J connectivity index is 2.37. The number of alkyl halides is 3. The molecule has 0 radical (unpaired) electrons. The monoisotopic (exact) mass is 254 g/mol. The van der Waals surface area contributed by atoms with Gasteiger partial charge in [-0.3, -0.25) is 0 Å². The second-order valence-electron chi connectivity index (χ2n) is 4.62. The summed E-state index contributed by atoms with van der Waals surface area (Å²) in [7, 11) is 0. The lowest BCUT2D eigenvalue weighted by Crippen LogP contribution is -2.44. The molecule has 0 aliphatic carbocycles. The van der Waals surface area contributed by atoms with Crippen LogP contribution in [0.1, 0.15) is 19.8 Å². The van der Waals surface area contributed by atoms with E-state index in [1.165, 1.54) is 0 Å². The van der Waals surface area contributed by atoms with Crippen molar-refractivity contribution in [2.75, 3.05) is 32.7 Å². The van der Waals surface area contributed by atoms with E-state index in [0.717, 1.165) is 25.9 Å². The number of likely N-dealkylation sites (N-methyl/N-ethyl adjacent to an activating group) is 1. The zero-order valence-electron chi connectivity index (χ0n) is 10.1. The minimum Gasteiger partial charge on any atom is -0.382 e. The molecule has 102 valence electrons. The van der Waals surface area contributed by atoms with Crippen LogP contribution in [0, 0.1) is 5.92 Å². The van der Waals surface area contributed by atoms with Crippen molar-refractivity contribution in [3.8, 4) is 0 Å². The van der Waals surface area contributed by atoms with Crippen molar-refractivity contribution < 1.29 is 18.3 Å². The average molecular weight is 254 g/mol. The van der Waals surface area contributed by atoms with E-state index >= 15 is 0 Å². The molecule has 1 aliphatic heterocycles. The summed E-state index contributed by atoms with van der Waals surface area (Å²) in [6, 6.07) is 0. The second kappa shape index (κ2) is 6.56. The van der Waals surface area contributed by atoms with E-state index in [1.807, 2.05) is 6.92 Å². The normalized spacial score (nSPS) is 24.0. The number of nitrogens with zero attached hydrogens (tertiary/aromatic N) is 1. The zero-order chi connectivity index (χ0) is 12.9. The summed E-state index contributed by atoms with van der Waals surface area (Å²) in [6.07, 6.45) is -4.63. The molecule has 0 aromatic rings. The third-order valence-corrected chi connectivity index (χ3v) is 3.17. The fourth-order valence-electron chi connectivity index (χ4n) is 2.13. The van der Waals surface area contributed by atoms with Gasteiger partial charge in [-0.2, -0.15) is 13.2 Å². The third kappa shape index (κ3) is 5.23. The van der Waals surface area contributed by atoms with Crippen molar-refractivity contribution in [2.45, 2.75) is 32.0 Å². The van der Waals surface area contributed by atoms with Gasteiger partial charge in [0, 0.05) is 13.1 Å². The van der Waals surface area contributed by atoms with Crippen LogP contribution in [0.3, 0.4) is 0 Å². The van der Waals surface area contributed by atoms with E-state index in [2.05, 4.69) is 5.32 Å². The van der Waals surface area contributed by atoms with E-state index in [-0.39, 0.29) is 6.54 Å². The summed E-state index contributed by atoms with van der Waals surface area (Å²) in [5.74, 6) is 0.393. The smallest absolute Gasteiger partial charge is 0.382 e. The zero-order valence-corrected chi connectivity index (χ0v) is 10.1. The second-order valence-corrected chi connectivity index (χ2v) is 4.62. The number of rotatable bonds is 5. The van der Waals surface area contributed by atoms with Gasteiger partial charge in [0.25, 0.3) is 0 Å². The summed E-state index contributed by atoms with van der Waals surface area (Å²) in [5, 5.41) is 12.3. The molecule has 6 heteroatoms. The fourth-order valence-corrected chi connectivity index (χ4v) is 2.13. The standard InChI is InChI=1S/C11H21F3N2O/c1-2-16(8-10(17)11(12,13)14)7-9-4-3-5-15-6-9/h9-10,15,17H,2-8H2,1H3. The SMILES string of the molecule is CCN(CC1CCCNC1)CC(O)C(F)(F)F. The first-order chi connectivity index (χ1) is 7.93. The molecule has 17 heavy (non-hydrogen) atoms. The molecule has 0 bridgehead atoms. The first-order valence-electron chi connectivity index (χ1n) is 6.11. The maximum atomic E-state index is 12.2. The molecule has 1 saturated heterocycles. The van der Waals surface area contributed by atoms with Crippen LogP contribution in [0.15, 0.2) is 0 Å². The van der Waals surface area contributed by atoms with Crippen molar-refractivity contribution in [3.63, 3.8) is 0 Å². The highest BCUT2D eigenvalue weighted by Gasteiger charge is 2.39. The molecule has 1 fully saturated rings. The van der Waals surface area contributed by atoms with Gasteiger partial charge in [-0.25, -0.2) is 0 Å².